The van der Waals surface area contributed by atoms with Gasteiger partial charge in [0.15, 0.2) is 0 Å². The Morgan fingerprint density at radius 1 is 1.17 bits per heavy atom. The zero-order valence-corrected chi connectivity index (χ0v) is 13.8. The number of carbonyl (C=O) groups is 1. The van der Waals surface area contributed by atoms with Crippen molar-refractivity contribution in [1.29, 1.82) is 0 Å². The molecule has 0 unspecified atom stereocenters. The number of rotatable bonds is 4. The van der Waals surface area contributed by atoms with Gasteiger partial charge in [0.05, 0.1) is 15.6 Å². The van der Waals surface area contributed by atoms with Crippen molar-refractivity contribution >= 4 is 39.2 Å². The van der Waals surface area contributed by atoms with Crippen molar-refractivity contribution in [2.75, 3.05) is 0 Å². The molecule has 0 saturated heterocycles. The molecule has 0 heterocycles. The van der Waals surface area contributed by atoms with Crippen LogP contribution in [0, 0.1) is 5.82 Å². The molecule has 122 valence electrons. The highest BCUT2D eigenvalue weighted by Gasteiger charge is 2.18. The number of halogens is 3. The van der Waals surface area contributed by atoms with E-state index in [-0.39, 0.29) is 21.2 Å². The average Bonchev–Trinajstić information content (AvgIpc) is 2.45. The zero-order valence-electron chi connectivity index (χ0n) is 11.4. The van der Waals surface area contributed by atoms with E-state index in [1.807, 2.05) is 0 Å². The number of esters is 1. The van der Waals surface area contributed by atoms with Crippen LogP contribution in [0.4, 0.5) is 4.39 Å². The molecular formula is C14H10Cl2FNO4S. The first-order valence-corrected chi connectivity index (χ1v) is 8.42. The summed E-state index contributed by atoms with van der Waals surface area (Å²) in [5.74, 6) is -1.49. The molecular weight excluding hydrogens is 368 g/mol. The van der Waals surface area contributed by atoms with E-state index >= 15 is 0 Å². The predicted octanol–water partition coefficient (Wildman–Crippen LogP) is 3.14. The maximum atomic E-state index is 13.6. The minimum absolute atomic E-state index is 0.0168. The van der Waals surface area contributed by atoms with Gasteiger partial charge in [0.2, 0.25) is 10.0 Å². The summed E-state index contributed by atoms with van der Waals surface area (Å²) in [6.45, 7) is -0.405. The first-order valence-electron chi connectivity index (χ1n) is 6.12. The van der Waals surface area contributed by atoms with E-state index in [0.29, 0.717) is 0 Å². The van der Waals surface area contributed by atoms with Gasteiger partial charge in [0, 0.05) is 5.56 Å². The molecule has 23 heavy (non-hydrogen) atoms. The molecule has 0 atom stereocenters. The number of primary sulfonamides is 1. The Bertz CT molecular complexity index is 851. The molecule has 0 fully saturated rings. The minimum atomic E-state index is -4.09. The van der Waals surface area contributed by atoms with Crippen molar-refractivity contribution in [2.45, 2.75) is 11.5 Å². The van der Waals surface area contributed by atoms with E-state index in [1.54, 1.807) is 0 Å². The lowest BCUT2D eigenvalue weighted by molar-refractivity contribution is 0.0469. The first kappa shape index (κ1) is 17.7. The van der Waals surface area contributed by atoms with Crippen LogP contribution in [0.25, 0.3) is 0 Å². The highest BCUT2D eigenvalue weighted by Crippen LogP contribution is 2.23. The number of nitrogens with two attached hydrogens (primary N) is 1. The topological polar surface area (TPSA) is 86.5 Å². The van der Waals surface area contributed by atoms with Crippen LogP contribution in [0.1, 0.15) is 15.9 Å². The van der Waals surface area contributed by atoms with Gasteiger partial charge >= 0.3 is 5.97 Å². The molecule has 0 amide bonds. The molecule has 0 saturated carbocycles. The summed E-state index contributed by atoms with van der Waals surface area (Å²) in [5, 5.41) is 4.99. The lowest BCUT2D eigenvalue weighted by atomic mass is 10.2. The second-order valence-corrected chi connectivity index (χ2v) is 6.81. The summed E-state index contributed by atoms with van der Waals surface area (Å²) < 4.78 is 41.3. The van der Waals surface area contributed by atoms with Crippen LogP contribution in [-0.4, -0.2) is 14.4 Å². The Morgan fingerprint density at radius 2 is 1.87 bits per heavy atom. The van der Waals surface area contributed by atoms with Crippen molar-refractivity contribution in [3.8, 4) is 0 Å². The van der Waals surface area contributed by atoms with E-state index in [1.165, 1.54) is 30.3 Å². The van der Waals surface area contributed by atoms with Gasteiger partial charge in [-0.2, -0.15) is 0 Å². The van der Waals surface area contributed by atoms with Gasteiger partial charge in [0.25, 0.3) is 0 Å². The fourth-order valence-corrected chi connectivity index (χ4v) is 3.03. The molecule has 0 bridgehead atoms. The van der Waals surface area contributed by atoms with Crippen molar-refractivity contribution < 1.29 is 22.3 Å². The molecule has 2 aromatic carbocycles. The van der Waals surface area contributed by atoms with Gasteiger partial charge in [-0.3, -0.25) is 0 Å². The van der Waals surface area contributed by atoms with Crippen molar-refractivity contribution in [3.05, 3.63) is 63.4 Å². The lowest BCUT2D eigenvalue weighted by Crippen LogP contribution is -2.14. The molecule has 0 aliphatic carbocycles. The van der Waals surface area contributed by atoms with E-state index in [4.69, 9.17) is 33.1 Å². The van der Waals surface area contributed by atoms with Gasteiger partial charge in [-0.1, -0.05) is 29.3 Å². The van der Waals surface area contributed by atoms with E-state index in [9.17, 15) is 17.6 Å². The second-order valence-electron chi connectivity index (χ2n) is 4.47. The lowest BCUT2D eigenvalue weighted by Gasteiger charge is -2.09. The molecule has 9 heteroatoms. The van der Waals surface area contributed by atoms with Crippen LogP contribution >= 0.6 is 23.2 Å². The van der Waals surface area contributed by atoms with Gasteiger partial charge < -0.3 is 4.74 Å². The number of carbonyl (C=O) groups excluding carboxylic acids is 1. The standard InChI is InChI=1S/C14H10Cl2FNO4S/c15-10-2-1-3-12(17)9(10)7-22-14(19)8-4-5-11(16)13(6-8)23(18,20)21/h1-6H,7H2,(H2,18,20,21). The van der Waals surface area contributed by atoms with Crippen LogP contribution in [0.15, 0.2) is 41.3 Å². The maximum absolute atomic E-state index is 13.6. The molecule has 0 aromatic heterocycles. The monoisotopic (exact) mass is 377 g/mol. The third-order valence-corrected chi connectivity index (χ3v) is 4.63. The third kappa shape index (κ3) is 4.20. The number of sulfonamides is 1. The first-order chi connectivity index (χ1) is 10.7. The van der Waals surface area contributed by atoms with Crippen LogP contribution in [-0.2, 0) is 21.4 Å². The average molecular weight is 378 g/mol. The highest BCUT2D eigenvalue weighted by atomic mass is 35.5. The number of benzene rings is 2. The zero-order chi connectivity index (χ0) is 17.2. The summed E-state index contributed by atoms with van der Waals surface area (Å²) in [6, 6.07) is 7.51. The molecule has 0 spiro atoms. The normalized spacial score (nSPS) is 11.3. The summed E-state index contributed by atoms with van der Waals surface area (Å²) in [7, 11) is -4.09. The van der Waals surface area contributed by atoms with E-state index in [0.717, 1.165) is 6.07 Å². The Kier molecular flexibility index (Phi) is 5.26. The number of hydrogen-bond donors (Lipinski definition) is 1. The van der Waals surface area contributed by atoms with Gasteiger partial charge in [-0.15, -0.1) is 0 Å². The number of hydrogen-bond acceptors (Lipinski definition) is 4. The molecule has 5 nitrogen and oxygen atoms in total. The van der Waals surface area contributed by atoms with Crippen LogP contribution in [0.2, 0.25) is 10.0 Å². The molecule has 2 aromatic rings. The Hall–Kier alpha value is -1.67. The van der Waals surface area contributed by atoms with Crippen LogP contribution in [0.5, 0.6) is 0 Å². The van der Waals surface area contributed by atoms with Gasteiger partial charge in [-0.05, 0) is 30.3 Å². The van der Waals surface area contributed by atoms with Gasteiger partial charge in [0.1, 0.15) is 17.3 Å². The second kappa shape index (κ2) is 6.84. The molecule has 2 N–H and O–H groups in total. The molecule has 2 rings (SSSR count). The quantitative estimate of drug-likeness (QED) is 0.829. The fourth-order valence-electron chi connectivity index (χ4n) is 1.74. The molecule has 0 aliphatic rings. The SMILES string of the molecule is NS(=O)(=O)c1cc(C(=O)OCc2c(F)cccc2Cl)ccc1Cl. The smallest absolute Gasteiger partial charge is 0.338 e. The Balaban J connectivity index is 2.22. The van der Waals surface area contributed by atoms with Crippen LogP contribution < -0.4 is 5.14 Å². The van der Waals surface area contributed by atoms with Crippen molar-refractivity contribution in [3.63, 3.8) is 0 Å². The van der Waals surface area contributed by atoms with E-state index < -0.39 is 33.3 Å². The number of ether oxygens (including phenoxy) is 1. The van der Waals surface area contributed by atoms with E-state index in [2.05, 4.69) is 0 Å². The maximum Gasteiger partial charge on any atom is 0.338 e. The molecule has 0 radical (unpaired) electrons. The molecule has 0 aliphatic heterocycles. The van der Waals surface area contributed by atoms with Crippen LogP contribution in [0.3, 0.4) is 0 Å². The summed E-state index contributed by atoms with van der Waals surface area (Å²) in [4.78, 5) is 11.6. The van der Waals surface area contributed by atoms with Crippen molar-refractivity contribution in [1.82, 2.24) is 0 Å². The van der Waals surface area contributed by atoms with Gasteiger partial charge in [-0.25, -0.2) is 22.7 Å². The predicted molar refractivity (Wildman–Crippen MR) is 83.4 cm³/mol. The Labute approximate surface area is 141 Å². The third-order valence-electron chi connectivity index (χ3n) is 2.88. The summed E-state index contributed by atoms with van der Waals surface area (Å²) in [5.41, 5.74) is -0.0750. The minimum Gasteiger partial charge on any atom is -0.457 e. The van der Waals surface area contributed by atoms with Crippen molar-refractivity contribution in [2.24, 2.45) is 5.14 Å². The summed E-state index contributed by atoms with van der Waals surface area (Å²) >= 11 is 11.5. The summed E-state index contributed by atoms with van der Waals surface area (Å²) in [6.07, 6.45) is 0. The Morgan fingerprint density at radius 3 is 2.48 bits per heavy atom. The largest absolute Gasteiger partial charge is 0.457 e. The fraction of sp³-hybridized carbons (Fsp3) is 0.0714. The highest BCUT2D eigenvalue weighted by molar-refractivity contribution is 7.89.